The number of hydrogen-bond donors (Lipinski definition) is 4. The van der Waals surface area contributed by atoms with Gasteiger partial charge in [0.2, 0.25) is 11.8 Å². The Kier molecular flexibility index (Phi) is 5.50. The van der Waals surface area contributed by atoms with E-state index in [4.69, 9.17) is 9.62 Å². The molecule has 0 aliphatic heterocycles. The van der Waals surface area contributed by atoms with Crippen LogP contribution in [0.5, 0.6) is 5.75 Å². The molecular weight excluding hydrogens is 336 g/mol. The van der Waals surface area contributed by atoms with Crippen LogP contribution in [0.1, 0.15) is 37.4 Å². The van der Waals surface area contributed by atoms with E-state index in [1.165, 1.54) is 0 Å². The number of aliphatic hydroxyl groups excluding tert-OH is 1. The van der Waals surface area contributed by atoms with Crippen LogP contribution in [0, 0.1) is 0 Å². The molecule has 7 heteroatoms. The van der Waals surface area contributed by atoms with E-state index in [-0.39, 0.29) is 12.2 Å². The molecule has 4 N–H and O–H groups in total. The Hall–Kier alpha value is -2.90. The first-order valence-corrected chi connectivity index (χ1v) is 8.38. The third kappa shape index (κ3) is 4.01. The van der Waals surface area contributed by atoms with E-state index in [1.54, 1.807) is 47.9 Å². The van der Waals surface area contributed by atoms with Crippen molar-refractivity contribution in [1.82, 2.24) is 10.5 Å². The second kappa shape index (κ2) is 7.99. The zero-order valence-corrected chi connectivity index (χ0v) is 14.1. The average Bonchev–Trinajstić information content (AvgIpc) is 3.10. The van der Waals surface area contributed by atoms with Gasteiger partial charge in [-0.25, -0.2) is 10.5 Å². The van der Waals surface area contributed by atoms with Crippen LogP contribution >= 0.6 is 0 Å². The van der Waals surface area contributed by atoms with Gasteiger partial charge in [-0.3, -0.25) is 10.0 Å². The van der Waals surface area contributed by atoms with Crippen LogP contribution in [0.2, 0.25) is 0 Å². The SMILES string of the molecule is O=C(CCCC[C@@H](O)c1ccc(-c2nc3c(O)cccc3o2)cc1)NO. The highest BCUT2D eigenvalue weighted by molar-refractivity contribution is 5.81. The number of aliphatic hydroxyl groups is 1. The fourth-order valence-electron chi connectivity index (χ4n) is 2.75. The topological polar surface area (TPSA) is 116 Å². The van der Waals surface area contributed by atoms with Gasteiger partial charge in [0, 0.05) is 12.0 Å². The van der Waals surface area contributed by atoms with Gasteiger partial charge in [0.25, 0.3) is 0 Å². The Bertz CT molecular complexity index is 889. The van der Waals surface area contributed by atoms with Crippen molar-refractivity contribution in [2.24, 2.45) is 0 Å². The van der Waals surface area contributed by atoms with Gasteiger partial charge in [0.05, 0.1) is 6.10 Å². The van der Waals surface area contributed by atoms with E-state index >= 15 is 0 Å². The van der Waals surface area contributed by atoms with Crippen LogP contribution in [0.25, 0.3) is 22.6 Å². The molecule has 3 aromatic rings. The molecule has 1 amide bonds. The zero-order chi connectivity index (χ0) is 18.5. The van der Waals surface area contributed by atoms with Crippen LogP contribution in [-0.2, 0) is 4.79 Å². The molecule has 0 fully saturated rings. The summed E-state index contributed by atoms with van der Waals surface area (Å²) in [5.41, 5.74) is 4.02. The van der Waals surface area contributed by atoms with Crippen LogP contribution in [-0.4, -0.2) is 26.3 Å². The first-order valence-electron chi connectivity index (χ1n) is 8.38. The minimum atomic E-state index is -0.631. The number of nitrogens with one attached hydrogen (secondary N) is 1. The summed E-state index contributed by atoms with van der Waals surface area (Å²) in [6, 6.07) is 12.2. The van der Waals surface area contributed by atoms with Crippen molar-refractivity contribution >= 4 is 17.0 Å². The standard InChI is InChI=1S/C19H20N2O5/c22-14(4-1-2-7-17(24)21-25)12-8-10-13(11-9-12)19-20-18-15(23)5-3-6-16(18)26-19/h3,5-6,8-11,14,22-23,25H,1-2,4,7H2,(H,21,24)/t14-/m1/s1. The summed E-state index contributed by atoms with van der Waals surface area (Å²) >= 11 is 0. The number of phenolic OH excluding ortho intramolecular Hbond substituents is 1. The number of para-hydroxylation sites is 1. The maximum atomic E-state index is 10.9. The number of aromatic hydroxyl groups is 1. The van der Waals surface area contributed by atoms with E-state index in [9.17, 15) is 15.0 Å². The number of rotatable bonds is 7. The van der Waals surface area contributed by atoms with Crippen molar-refractivity contribution in [3.63, 3.8) is 0 Å². The van der Waals surface area contributed by atoms with Crippen molar-refractivity contribution < 1.29 is 24.6 Å². The number of nitrogens with zero attached hydrogens (tertiary/aromatic N) is 1. The molecule has 2 aromatic carbocycles. The largest absolute Gasteiger partial charge is 0.506 e. The second-order valence-corrected chi connectivity index (χ2v) is 6.06. The summed E-state index contributed by atoms with van der Waals surface area (Å²) in [6.45, 7) is 0. The summed E-state index contributed by atoms with van der Waals surface area (Å²) in [4.78, 5) is 15.2. The number of carbonyl (C=O) groups is 1. The molecule has 0 unspecified atom stereocenters. The first kappa shape index (κ1) is 17.9. The number of carbonyl (C=O) groups excluding carboxylic acids is 1. The number of fused-ring (bicyclic) bond motifs is 1. The highest BCUT2D eigenvalue weighted by atomic mass is 16.5. The summed E-state index contributed by atoms with van der Waals surface area (Å²) in [7, 11) is 0. The van der Waals surface area contributed by atoms with Crippen LogP contribution in [0.4, 0.5) is 0 Å². The Balaban J connectivity index is 1.64. The van der Waals surface area contributed by atoms with Gasteiger partial charge in [-0.05, 0) is 42.7 Å². The van der Waals surface area contributed by atoms with E-state index in [2.05, 4.69) is 4.98 Å². The van der Waals surface area contributed by atoms with Crippen molar-refractivity contribution in [2.75, 3.05) is 0 Å². The number of aromatic nitrogens is 1. The molecule has 0 saturated carbocycles. The molecule has 1 atom stereocenters. The third-order valence-electron chi connectivity index (χ3n) is 4.20. The summed E-state index contributed by atoms with van der Waals surface area (Å²) < 4.78 is 5.66. The smallest absolute Gasteiger partial charge is 0.243 e. The highest BCUT2D eigenvalue weighted by Crippen LogP contribution is 2.30. The number of unbranched alkanes of at least 4 members (excludes halogenated alkanes) is 1. The fraction of sp³-hybridized carbons (Fsp3) is 0.263. The number of hydrogen-bond acceptors (Lipinski definition) is 6. The predicted molar refractivity (Wildman–Crippen MR) is 94.5 cm³/mol. The number of amides is 1. The molecule has 0 saturated heterocycles. The van der Waals surface area contributed by atoms with Gasteiger partial charge in [-0.1, -0.05) is 24.6 Å². The van der Waals surface area contributed by atoms with Crippen LogP contribution < -0.4 is 5.48 Å². The van der Waals surface area contributed by atoms with E-state index < -0.39 is 12.0 Å². The highest BCUT2D eigenvalue weighted by Gasteiger charge is 2.13. The van der Waals surface area contributed by atoms with Gasteiger partial charge in [-0.15, -0.1) is 0 Å². The van der Waals surface area contributed by atoms with Crippen molar-refractivity contribution in [3.8, 4) is 17.2 Å². The minimum absolute atomic E-state index is 0.0689. The minimum Gasteiger partial charge on any atom is -0.506 e. The van der Waals surface area contributed by atoms with Gasteiger partial charge < -0.3 is 14.6 Å². The van der Waals surface area contributed by atoms with Crippen LogP contribution in [0.3, 0.4) is 0 Å². The van der Waals surface area contributed by atoms with Gasteiger partial charge >= 0.3 is 0 Å². The van der Waals surface area contributed by atoms with Gasteiger partial charge in [0.15, 0.2) is 11.1 Å². The van der Waals surface area contributed by atoms with Crippen molar-refractivity contribution in [2.45, 2.75) is 31.8 Å². The maximum Gasteiger partial charge on any atom is 0.243 e. The zero-order valence-electron chi connectivity index (χ0n) is 14.1. The lowest BCUT2D eigenvalue weighted by molar-refractivity contribution is -0.129. The Labute approximate surface area is 149 Å². The molecule has 0 radical (unpaired) electrons. The number of hydroxylamine groups is 1. The van der Waals surface area contributed by atoms with E-state index in [1.807, 2.05) is 0 Å². The first-order chi connectivity index (χ1) is 12.6. The molecule has 1 heterocycles. The number of phenols is 1. The molecule has 26 heavy (non-hydrogen) atoms. The van der Waals surface area contributed by atoms with Crippen molar-refractivity contribution in [3.05, 3.63) is 48.0 Å². The van der Waals surface area contributed by atoms with Crippen LogP contribution in [0.15, 0.2) is 46.9 Å². The molecule has 1 aromatic heterocycles. The van der Waals surface area contributed by atoms with Gasteiger partial charge in [-0.2, -0.15) is 0 Å². The quantitative estimate of drug-likeness (QED) is 0.293. The molecule has 3 rings (SSSR count). The number of benzene rings is 2. The molecule has 0 spiro atoms. The maximum absolute atomic E-state index is 10.9. The molecular formula is C19H20N2O5. The van der Waals surface area contributed by atoms with E-state index in [0.29, 0.717) is 36.3 Å². The molecule has 0 bridgehead atoms. The lowest BCUT2D eigenvalue weighted by Crippen LogP contribution is -2.17. The summed E-state index contributed by atoms with van der Waals surface area (Å²) in [5.74, 6) is 0.0465. The number of oxazole rings is 1. The predicted octanol–water partition coefficient (Wildman–Crippen LogP) is 3.30. The average molecular weight is 356 g/mol. The normalized spacial score (nSPS) is 12.2. The monoisotopic (exact) mass is 356 g/mol. The Morgan fingerprint density at radius 3 is 2.62 bits per heavy atom. The Morgan fingerprint density at radius 1 is 1.15 bits per heavy atom. The molecule has 0 aliphatic rings. The molecule has 0 aliphatic carbocycles. The lowest BCUT2D eigenvalue weighted by Gasteiger charge is -2.11. The van der Waals surface area contributed by atoms with Crippen molar-refractivity contribution in [1.29, 1.82) is 0 Å². The summed E-state index contributed by atoms with van der Waals surface area (Å²) in [6.07, 6.45) is 1.38. The van der Waals surface area contributed by atoms with Gasteiger partial charge in [0.1, 0.15) is 5.75 Å². The Morgan fingerprint density at radius 2 is 1.92 bits per heavy atom. The fourth-order valence-corrected chi connectivity index (χ4v) is 2.75. The third-order valence-corrected chi connectivity index (χ3v) is 4.20. The molecule has 7 nitrogen and oxygen atoms in total. The van der Waals surface area contributed by atoms with E-state index in [0.717, 1.165) is 11.1 Å². The molecule has 136 valence electrons. The summed E-state index contributed by atoms with van der Waals surface area (Å²) in [5, 5.41) is 28.5. The lowest BCUT2D eigenvalue weighted by atomic mass is 10.0. The second-order valence-electron chi connectivity index (χ2n) is 6.06.